The predicted molar refractivity (Wildman–Crippen MR) is 73.5 cm³/mol. The first-order valence-electron chi connectivity index (χ1n) is 6.02. The van der Waals surface area contributed by atoms with Gasteiger partial charge in [-0.2, -0.15) is 0 Å². The molecule has 0 spiro atoms. The number of hydrogen-bond donors (Lipinski definition) is 0. The Morgan fingerprint density at radius 3 is 1.88 bits per heavy atom. The zero-order valence-corrected chi connectivity index (χ0v) is 11.6. The first kappa shape index (κ1) is 17.2. The average molecular weight is 222 g/mol. The van der Waals surface area contributed by atoms with E-state index in [1.165, 1.54) is 11.1 Å². The summed E-state index contributed by atoms with van der Waals surface area (Å²) in [7, 11) is 0. The summed E-state index contributed by atoms with van der Waals surface area (Å²) in [6, 6.07) is 8.30. The molecule has 0 aliphatic carbocycles. The van der Waals surface area contributed by atoms with E-state index < -0.39 is 0 Å². The fourth-order valence-corrected chi connectivity index (χ4v) is 0.891. The van der Waals surface area contributed by atoms with Gasteiger partial charge in [0.15, 0.2) is 0 Å². The molecule has 1 nitrogen and oxygen atoms in total. The summed E-state index contributed by atoms with van der Waals surface area (Å²) in [5, 5.41) is 0. The highest BCUT2D eigenvalue weighted by atomic mass is 16.5. The summed E-state index contributed by atoms with van der Waals surface area (Å²) in [6.45, 7) is 16.2. The van der Waals surface area contributed by atoms with Crippen molar-refractivity contribution in [3.8, 4) is 0 Å². The van der Waals surface area contributed by atoms with Gasteiger partial charge in [0.25, 0.3) is 0 Å². The van der Waals surface area contributed by atoms with Crippen LogP contribution in [0.1, 0.15) is 45.7 Å². The summed E-state index contributed by atoms with van der Waals surface area (Å²) in [6.07, 6.45) is 0. The van der Waals surface area contributed by atoms with E-state index in [1.807, 2.05) is 34.6 Å². The van der Waals surface area contributed by atoms with Gasteiger partial charge < -0.3 is 4.74 Å². The Morgan fingerprint density at radius 1 is 1.06 bits per heavy atom. The maximum Gasteiger partial charge on any atom is 0.113 e. The second kappa shape index (κ2) is 11.8. The summed E-state index contributed by atoms with van der Waals surface area (Å²) in [5.74, 6) is 0.760. The molecule has 0 heterocycles. The van der Waals surface area contributed by atoms with E-state index in [0.717, 1.165) is 5.76 Å². The Balaban J connectivity index is 0. The van der Waals surface area contributed by atoms with Crippen LogP contribution in [0.5, 0.6) is 0 Å². The number of allylic oxidation sites excluding steroid dienone is 1. The molecule has 0 saturated carbocycles. The molecule has 1 aromatic carbocycles. The molecule has 0 N–H and O–H groups in total. The van der Waals surface area contributed by atoms with Crippen LogP contribution in [0, 0.1) is 6.92 Å². The molecule has 1 aromatic rings. The quantitative estimate of drug-likeness (QED) is 0.647. The Morgan fingerprint density at radius 2 is 1.50 bits per heavy atom. The monoisotopic (exact) mass is 222 g/mol. The number of rotatable bonds is 3. The molecule has 92 valence electrons. The zero-order chi connectivity index (χ0) is 13.0. The highest BCUT2D eigenvalue weighted by Gasteiger charge is 1.91. The van der Waals surface area contributed by atoms with Crippen LogP contribution in [0.25, 0.3) is 0 Å². The van der Waals surface area contributed by atoms with Gasteiger partial charge in [-0.25, -0.2) is 0 Å². The van der Waals surface area contributed by atoms with Gasteiger partial charge in [-0.05, 0) is 19.4 Å². The highest BCUT2D eigenvalue weighted by Crippen LogP contribution is 2.06. The van der Waals surface area contributed by atoms with E-state index >= 15 is 0 Å². The molecular formula is C15H26O. The molecule has 0 aromatic heterocycles. The fourth-order valence-electron chi connectivity index (χ4n) is 0.891. The van der Waals surface area contributed by atoms with Gasteiger partial charge in [0.05, 0.1) is 5.76 Å². The lowest BCUT2D eigenvalue weighted by Gasteiger charge is -2.04. The molecule has 0 aliphatic rings. The molecular weight excluding hydrogens is 196 g/mol. The standard InChI is InChI=1S/C11H14O.2C2H6/c1-9(2)12-8-11-6-4-10(3)5-7-11;2*1-2/h4-7H,1,8H2,2-3H3;2*1-2H3. The van der Waals surface area contributed by atoms with E-state index in [-0.39, 0.29) is 0 Å². The Bertz CT molecular complexity index is 259. The van der Waals surface area contributed by atoms with E-state index in [4.69, 9.17) is 4.74 Å². The van der Waals surface area contributed by atoms with Gasteiger partial charge >= 0.3 is 0 Å². The van der Waals surface area contributed by atoms with Gasteiger partial charge in [0.1, 0.15) is 6.61 Å². The predicted octanol–water partition coefficient (Wildman–Crippen LogP) is 5.10. The minimum Gasteiger partial charge on any atom is -0.494 e. The van der Waals surface area contributed by atoms with Crippen molar-refractivity contribution < 1.29 is 4.74 Å². The molecule has 1 heteroatoms. The topological polar surface area (TPSA) is 9.23 Å². The van der Waals surface area contributed by atoms with Crippen LogP contribution in [0.2, 0.25) is 0 Å². The van der Waals surface area contributed by atoms with Crippen LogP contribution >= 0.6 is 0 Å². The van der Waals surface area contributed by atoms with Crippen molar-refractivity contribution in [2.24, 2.45) is 0 Å². The minimum atomic E-state index is 0.621. The lowest BCUT2D eigenvalue weighted by atomic mass is 10.2. The van der Waals surface area contributed by atoms with Crippen molar-refractivity contribution in [3.63, 3.8) is 0 Å². The van der Waals surface area contributed by atoms with Gasteiger partial charge in [-0.15, -0.1) is 0 Å². The second-order valence-corrected chi connectivity index (χ2v) is 2.98. The van der Waals surface area contributed by atoms with E-state index in [1.54, 1.807) is 0 Å². The highest BCUT2D eigenvalue weighted by molar-refractivity contribution is 5.20. The van der Waals surface area contributed by atoms with E-state index in [2.05, 4.69) is 37.8 Å². The first-order valence-corrected chi connectivity index (χ1v) is 6.02. The third-order valence-corrected chi connectivity index (χ3v) is 1.61. The normalized spacial score (nSPS) is 7.88. The van der Waals surface area contributed by atoms with Gasteiger partial charge in [0.2, 0.25) is 0 Å². The fraction of sp³-hybridized carbons (Fsp3) is 0.467. The van der Waals surface area contributed by atoms with E-state index in [0.29, 0.717) is 6.61 Å². The number of aryl methyl sites for hydroxylation is 1. The third-order valence-electron chi connectivity index (χ3n) is 1.61. The van der Waals surface area contributed by atoms with Crippen molar-refractivity contribution in [2.75, 3.05) is 0 Å². The van der Waals surface area contributed by atoms with Crippen LogP contribution in [0.3, 0.4) is 0 Å². The Kier molecular flexibility index (Phi) is 12.7. The van der Waals surface area contributed by atoms with Crippen LogP contribution < -0.4 is 0 Å². The lowest BCUT2D eigenvalue weighted by Crippen LogP contribution is -1.89. The van der Waals surface area contributed by atoms with Crippen LogP contribution in [-0.2, 0) is 11.3 Å². The Labute approximate surface area is 101 Å². The van der Waals surface area contributed by atoms with Crippen molar-refractivity contribution in [1.82, 2.24) is 0 Å². The summed E-state index contributed by atoms with van der Waals surface area (Å²) >= 11 is 0. The van der Waals surface area contributed by atoms with Crippen LogP contribution in [0.15, 0.2) is 36.6 Å². The SMILES string of the molecule is C=C(C)OCc1ccc(C)cc1.CC.CC. The molecule has 0 bridgehead atoms. The maximum absolute atomic E-state index is 5.27. The smallest absolute Gasteiger partial charge is 0.113 e. The number of hydrogen-bond acceptors (Lipinski definition) is 1. The molecule has 0 amide bonds. The van der Waals surface area contributed by atoms with Crippen LogP contribution in [-0.4, -0.2) is 0 Å². The lowest BCUT2D eigenvalue weighted by molar-refractivity contribution is 0.202. The van der Waals surface area contributed by atoms with Crippen molar-refractivity contribution in [2.45, 2.75) is 48.1 Å². The van der Waals surface area contributed by atoms with Crippen LogP contribution in [0.4, 0.5) is 0 Å². The molecule has 0 radical (unpaired) electrons. The van der Waals surface area contributed by atoms with Crippen molar-refractivity contribution in [3.05, 3.63) is 47.7 Å². The van der Waals surface area contributed by atoms with E-state index in [9.17, 15) is 0 Å². The largest absolute Gasteiger partial charge is 0.494 e. The maximum atomic E-state index is 5.27. The third kappa shape index (κ3) is 9.32. The van der Waals surface area contributed by atoms with Gasteiger partial charge in [0, 0.05) is 0 Å². The number of benzene rings is 1. The second-order valence-electron chi connectivity index (χ2n) is 2.98. The molecule has 0 fully saturated rings. The number of ether oxygens (including phenoxy) is 1. The molecule has 1 rings (SSSR count). The summed E-state index contributed by atoms with van der Waals surface area (Å²) in [4.78, 5) is 0. The molecule has 16 heavy (non-hydrogen) atoms. The minimum absolute atomic E-state index is 0.621. The average Bonchev–Trinajstić information content (AvgIpc) is 2.33. The summed E-state index contributed by atoms with van der Waals surface area (Å²) in [5.41, 5.74) is 2.46. The summed E-state index contributed by atoms with van der Waals surface area (Å²) < 4.78 is 5.27. The zero-order valence-electron chi connectivity index (χ0n) is 11.6. The van der Waals surface area contributed by atoms with Gasteiger partial charge in [-0.3, -0.25) is 0 Å². The van der Waals surface area contributed by atoms with Crippen molar-refractivity contribution >= 4 is 0 Å². The first-order chi connectivity index (χ1) is 7.68. The molecule has 0 atom stereocenters. The van der Waals surface area contributed by atoms with Gasteiger partial charge in [-0.1, -0.05) is 64.1 Å². The molecule has 0 saturated heterocycles. The van der Waals surface area contributed by atoms with Crippen molar-refractivity contribution in [1.29, 1.82) is 0 Å². The molecule has 0 aliphatic heterocycles. The Hall–Kier alpha value is -1.24. The molecule has 0 unspecified atom stereocenters.